The summed E-state index contributed by atoms with van der Waals surface area (Å²) in [6, 6.07) is 0. The zero-order chi connectivity index (χ0) is 12.9. The molecule has 1 heterocycles. The predicted octanol–water partition coefficient (Wildman–Crippen LogP) is 2.60. The third-order valence-corrected chi connectivity index (χ3v) is 2.64. The summed E-state index contributed by atoms with van der Waals surface area (Å²) < 4.78 is 1.96. The maximum atomic E-state index is 4.48. The highest BCUT2D eigenvalue weighted by atomic mass is 15.3. The maximum Gasteiger partial charge on any atom is 0.164 e. The topological polar surface area (TPSA) is 42.7 Å². The molecule has 0 fully saturated rings. The number of nitrogens with one attached hydrogen (secondary N) is 1. The number of rotatable bonds is 6. The fourth-order valence-corrected chi connectivity index (χ4v) is 1.75. The van der Waals surface area contributed by atoms with Gasteiger partial charge in [0.25, 0.3) is 0 Å². The molecule has 98 valence electrons. The van der Waals surface area contributed by atoms with Gasteiger partial charge in [-0.15, -0.1) is 0 Å². The molecule has 0 aromatic carbocycles. The highest BCUT2D eigenvalue weighted by Crippen LogP contribution is 2.07. The van der Waals surface area contributed by atoms with Gasteiger partial charge in [-0.25, -0.2) is 4.98 Å². The maximum absolute atomic E-state index is 4.48. The van der Waals surface area contributed by atoms with Crippen molar-refractivity contribution in [2.24, 2.45) is 5.92 Å². The zero-order valence-electron chi connectivity index (χ0n) is 11.8. The van der Waals surface area contributed by atoms with Crippen LogP contribution < -0.4 is 5.32 Å². The van der Waals surface area contributed by atoms with E-state index in [-0.39, 0.29) is 5.54 Å². The Morgan fingerprint density at radius 3 is 2.71 bits per heavy atom. The Bertz CT molecular complexity index is 324. The molecule has 0 aliphatic heterocycles. The molecule has 4 nitrogen and oxygen atoms in total. The molecule has 0 saturated heterocycles. The summed E-state index contributed by atoms with van der Waals surface area (Å²) in [5, 5.41) is 7.87. The summed E-state index contributed by atoms with van der Waals surface area (Å²) in [5.74, 6) is 1.55. The van der Waals surface area contributed by atoms with Crippen LogP contribution in [0.25, 0.3) is 0 Å². The summed E-state index contributed by atoms with van der Waals surface area (Å²) in [7, 11) is 0. The lowest BCUT2D eigenvalue weighted by atomic mass is 10.1. The Morgan fingerprint density at radius 2 is 2.12 bits per heavy atom. The third-order valence-electron chi connectivity index (χ3n) is 2.64. The molecule has 0 saturated carbocycles. The van der Waals surface area contributed by atoms with E-state index in [2.05, 4.69) is 50.0 Å². The second kappa shape index (κ2) is 6.15. The van der Waals surface area contributed by atoms with Crippen LogP contribution in [0, 0.1) is 5.92 Å². The van der Waals surface area contributed by atoms with E-state index in [9.17, 15) is 0 Å². The Hall–Kier alpha value is -0.900. The van der Waals surface area contributed by atoms with Gasteiger partial charge in [-0.1, -0.05) is 20.3 Å². The van der Waals surface area contributed by atoms with E-state index >= 15 is 0 Å². The van der Waals surface area contributed by atoms with Crippen LogP contribution in [0.2, 0.25) is 0 Å². The molecule has 0 spiro atoms. The average Bonchev–Trinajstić information content (AvgIpc) is 2.62. The van der Waals surface area contributed by atoms with Crippen LogP contribution in [0.4, 0.5) is 0 Å². The number of hydrogen-bond acceptors (Lipinski definition) is 3. The van der Waals surface area contributed by atoms with Crippen molar-refractivity contribution >= 4 is 0 Å². The van der Waals surface area contributed by atoms with E-state index in [0.717, 1.165) is 18.9 Å². The van der Waals surface area contributed by atoms with Gasteiger partial charge < -0.3 is 5.32 Å². The highest BCUT2D eigenvalue weighted by molar-refractivity contribution is 4.84. The molecule has 1 aromatic rings. The molecule has 4 heteroatoms. The van der Waals surface area contributed by atoms with Crippen molar-refractivity contribution in [3.05, 3.63) is 12.2 Å². The summed E-state index contributed by atoms with van der Waals surface area (Å²) in [4.78, 5) is 4.32. The van der Waals surface area contributed by atoms with Crippen molar-refractivity contribution in [2.75, 3.05) is 0 Å². The molecular weight excluding hydrogens is 212 g/mol. The summed E-state index contributed by atoms with van der Waals surface area (Å²) >= 11 is 0. The van der Waals surface area contributed by atoms with Crippen LogP contribution in [0.5, 0.6) is 0 Å². The Balaban J connectivity index is 2.42. The van der Waals surface area contributed by atoms with Crippen LogP contribution in [-0.4, -0.2) is 20.3 Å². The molecular formula is C13H26N4. The number of aromatic nitrogens is 3. The lowest BCUT2D eigenvalue weighted by Gasteiger charge is -2.19. The minimum atomic E-state index is 0.112. The predicted molar refractivity (Wildman–Crippen MR) is 70.7 cm³/mol. The average molecular weight is 238 g/mol. The molecule has 0 amide bonds. The Kier molecular flexibility index (Phi) is 5.12. The second-order valence-corrected chi connectivity index (χ2v) is 5.88. The fraction of sp³-hybridized carbons (Fsp3) is 0.846. The molecule has 0 radical (unpaired) electrons. The highest BCUT2D eigenvalue weighted by Gasteiger charge is 2.10. The first-order valence-electron chi connectivity index (χ1n) is 6.54. The van der Waals surface area contributed by atoms with Gasteiger partial charge in [0.2, 0.25) is 0 Å². The molecule has 0 bridgehead atoms. The SMILES string of the molecule is CCCC(C)Cn1cnc(CNC(C)(C)C)n1. The standard InChI is InChI=1S/C13H26N4/c1-6-7-11(2)9-17-10-14-12(16-17)8-15-13(3,4)5/h10-11,15H,6-9H2,1-5H3. The molecule has 1 N–H and O–H groups in total. The second-order valence-electron chi connectivity index (χ2n) is 5.88. The quantitative estimate of drug-likeness (QED) is 0.828. The summed E-state index contributed by atoms with van der Waals surface area (Å²) in [6.07, 6.45) is 4.32. The van der Waals surface area contributed by atoms with Gasteiger partial charge in [0.1, 0.15) is 6.33 Å². The van der Waals surface area contributed by atoms with Gasteiger partial charge >= 0.3 is 0 Å². The fourth-order valence-electron chi connectivity index (χ4n) is 1.75. The van der Waals surface area contributed by atoms with Gasteiger partial charge in [0.05, 0.1) is 6.54 Å². The third kappa shape index (κ3) is 5.82. The van der Waals surface area contributed by atoms with Gasteiger partial charge in [-0.2, -0.15) is 5.10 Å². The monoisotopic (exact) mass is 238 g/mol. The minimum absolute atomic E-state index is 0.112. The molecule has 1 unspecified atom stereocenters. The van der Waals surface area contributed by atoms with Crippen molar-refractivity contribution in [3.8, 4) is 0 Å². The summed E-state index contributed by atoms with van der Waals surface area (Å²) in [5.41, 5.74) is 0.112. The summed E-state index contributed by atoms with van der Waals surface area (Å²) in [6.45, 7) is 12.6. The largest absolute Gasteiger partial charge is 0.305 e. The van der Waals surface area contributed by atoms with Crippen LogP contribution in [0.1, 0.15) is 53.3 Å². The van der Waals surface area contributed by atoms with Gasteiger partial charge in [-0.3, -0.25) is 4.68 Å². The van der Waals surface area contributed by atoms with Gasteiger partial charge in [-0.05, 0) is 33.1 Å². The lowest BCUT2D eigenvalue weighted by molar-refractivity contribution is 0.404. The van der Waals surface area contributed by atoms with Crippen molar-refractivity contribution in [1.82, 2.24) is 20.1 Å². The van der Waals surface area contributed by atoms with E-state index in [4.69, 9.17) is 0 Å². The molecule has 17 heavy (non-hydrogen) atoms. The number of hydrogen-bond donors (Lipinski definition) is 1. The molecule has 1 atom stereocenters. The van der Waals surface area contributed by atoms with Crippen LogP contribution >= 0.6 is 0 Å². The normalized spacial score (nSPS) is 13.9. The first-order valence-corrected chi connectivity index (χ1v) is 6.54. The van der Waals surface area contributed by atoms with E-state index < -0.39 is 0 Å². The minimum Gasteiger partial charge on any atom is -0.305 e. The smallest absolute Gasteiger partial charge is 0.164 e. The van der Waals surface area contributed by atoms with Crippen molar-refractivity contribution in [1.29, 1.82) is 0 Å². The zero-order valence-corrected chi connectivity index (χ0v) is 11.8. The van der Waals surface area contributed by atoms with E-state index in [1.807, 2.05) is 11.0 Å². The van der Waals surface area contributed by atoms with Crippen LogP contribution in [0.15, 0.2) is 6.33 Å². The van der Waals surface area contributed by atoms with Crippen LogP contribution in [-0.2, 0) is 13.1 Å². The van der Waals surface area contributed by atoms with Gasteiger partial charge in [0.15, 0.2) is 5.82 Å². The van der Waals surface area contributed by atoms with Crippen molar-refractivity contribution in [3.63, 3.8) is 0 Å². The molecule has 1 aromatic heterocycles. The molecule has 0 aliphatic rings. The Morgan fingerprint density at radius 1 is 1.41 bits per heavy atom. The first kappa shape index (κ1) is 14.2. The molecule has 1 rings (SSSR count). The van der Waals surface area contributed by atoms with Gasteiger partial charge in [0, 0.05) is 12.1 Å². The van der Waals surface area contributed by atoms with Crippen molar-refractivity contribution in [2.45, 2.75) is 66.1 Å². The van der Waals surface area contributed by atoms with E-state index in [1.165, 1.54) is 12.8 Å². The molecule has 0 aliphatic carbocycles. The lowest BCUT2D eigenvalue weighted by Crippen LogP contribution is -2.35. The first-order chi connectivity index (χ1) is 7.90. The van der Waals surface area contributed by atoms with Crippen LogP contribution in [0.3, 0.4) is 0 Å². The number of nitrogens with zero attached hydrogens (tertiary/aromatic N) is 3. The van der Waals surface area contributed by atoms with E-state index in [1.54, 1.807) is 0 Å². The van der Waals surface area contributed by atoms with E-state index in [0.29, 0.717) is 5.92 Å². The van der Waals surface area contributed by atoms with Crippen molar-refractivity contribution < 1.29 is 0 Å². The Labute approximate surface area is 105 Å².